The molecule has 2 fully saturated rings. The van der Waals surface area contributed by atoms with E-state index < -0.39 is 119 Å². The number of carbonyl (C=O) groups is 8. The zero-order valence-corrected chi connectivity index (χ0v) is 44.2. The molecular formula is C52H74N4O16. The summed E-state index contributed by atoms with van der Waals surface area (Å²) in [7, 11) is 2.24. The number of benzene rings is 2. The Morgan fingerprint density at radius 2 is 0.875 bits per heavy atom. The predicted octanol–water partition coefficient (Wildman–Crippen LogP) is 8.07. The van der Waals surface area contributed by atoms with E-state index >= 15 is 19.2 Å². The minimum atomic E-state index is -2.60. The van der Waals surface area contributed by atoms with E-state index in [-0.39, 0.29) is 38.9 Å². The second-order valence-corrected chi connectivity index (χ2v) is 22.0. The Morgan fingerprint density at radius 1 is 0.556 bits per heavy atom. The fourth-order valence-electron chi connectivity index (χ4n) is 8.71. The highest BCUT2D eigenvalue weighted by atomic mass is 16.6. The number of cyclic esters (lactones) is 2. The highest BCUT2D eigenvalue weighted by Crippen LogP contribution is 2.55. The smallest absolute Gasteiger partial charge is 0.414 e. The fraction of sp³-hybridized carbons (Fsp3) is 0.615. The first kappa shape index (κ1) is 58.0. The van der Waals surface area contributed by atoms with Crippen molar-refractivity contribution in [3.8, 4) is 0 Å². The van der Waals surface area contributed by atoms with Gasteiger partial charge in [0.05, 0.1) is 14.2 Å². The number of hydrogen-bond acceptors (Lipinski definition) is 16. The molecule has 0 saturated carbocycles. The summed E-state index contributed by atoms with van der Waals surface area (Å²) in [5.74, 6) is -4.04. The first-order chi connectivity index (χ1) is 33.4. The molecule has 2 aliphatic heterocycles. The monoisotopic (exact) mass is 1010 g/mol. The third-order valence-corrected chi connectivity index (χ3v) is 11.8. The van der Waals surface area contributed by atoms with Crippen molar-refractivity contribution >= 4 is 48.3 Å². The van der Waals surface area contributed by atoms with Crippen LogP contribution in [-0.4, -0.2) is 119 Å². The van der Waals surface area contributed by atoms with Crippen molar-refractivity contribution < 1.29 is 76.3 Å². The van der Waals surface area contributed by atoms with Crippen LogP contribution in [0.1, 0.15) is 133 Å². The molecule has 4 rings (SSSR count). The number of hydrogen-bond donors (Lipinski definition) is 2. The van der Waals surface area contributed by atoms with Gasteiger partial charge in [0.1, 0.15) is 36.5 Å². The van der Waals surface area contributed by atoms with Crippen LogP contribution in [0.4, 0.5) is 19.2 Å². The molecule has 0 aromatic heterocycles. The van der Waals surface area contributed by atoms with Gasteiger partial charge in [-0.2, -0.15) is 0 Å². The third-order valence-electron chi connectivity index (χ3n) is 11.8. The van der Waals surface area contributed by atoms with Crippen LogP contribution in [0.25, 0.3) is 0 Å². The maximum absolute atomic E-state index is 15.7. The number of methoxy groups -OCH3 is 2. The molecule has 0 spiro atoms. The largest absolute Gasteiger partial charge is 0.467 e. The van der Waals surface area contributed by atoms with E-state index in [1.165, 1.54) is 0 Å². The molecule has 72 heavy (non-hydrogen) atoms. The lowest BCUT2D eigenvalue weighted by Crippen LogP contribution is -2.76. The molecular weight excluding hydrogens is 937 g/mol. The molecule has 398 valence electrons. The van der Waals surface area contributed by atoms with Crippen LogP contribution in [0.2, 0.25) is 0 Å². The molecule has 20 heteroatoms. The highest BCUT2D eigenvalue weighted by Gasteiger charge is 2.79. The molecule has 0 aliphatic carbocycles. The van der Waals surface area contributed by atoms with E-state index in [4.69, 9.17) is 37.9 Å². The fourth-order valence-corrected chi connectivity index (χ4v) is 8.71. The molecule has 2 aromatic carbocycles. The minimum absolute atomic E-state index is 0.253. The van der Waals surface area contributed by atoms with Crippen LogP contribution < -0.4 is 10.6 Å². The first-order valence-electron chi connectivity index (χ1n) is 24.0. The number of ether oxygens (including phenoxy) is 8. The predicted molar refractivity (Wildman–Crippen MR) is 259 cm³/mol. The zero-order chi connectivity index (χ0) is 54.0. The van der Waals surface area contributed by atoms with Crippen LogP contribution in [0.15, 0.2) is 60.7 Å². The van der Waals surface area contributed by atoms with Crippen LogP contribution in [0, 0.1) is 10.8 Å². The number of rotatable bonds is 17. The van der Waals surface area contributed by atoms with E-state index in [1.54, 1.807) is 144 Å². The van der Waals surface area contributed by atoms with Gasteiger partial charge in [0.2, 0.25) is 0 Å². The summed E-state index contributed by atoms with van der Waals surface area (Å²) in [5, 5.41) is 5.05. The Kier molecular flexibility index (Phi) is 18.8. The molecule has 20 nitrogen and oxygen atoms in total. The van der Waals surface area contributed by atoms with Gasteiger partial charge in [0, 0.05) is 10.8 Å². The van der Waals surface area contributed by atoms with E-state index in [0.29, 0.717) is 11.1 Å². The van der Waals surface area contributed by atoms with Gasteiger partial charge in [-0.3, -0.25) is 9.80 Å². The van der Waals surface area contributed by atoms with Crippen molar-refractivity contribution in [2.24, 2.45) is 10.8 Å². The molecule has 4 amide bonds. The number of nitrogens with zero attached hydrogens (tertiary/aromatic N) is 2. The molecule has 6 atom stereocenters. The molecule has 0 bridgehead atoms. The molecule has 2 aromatic rings. The standard InChI is InChI=1S/C52H74N4O16/c1-47(2,3)39-55(45(63)67-31-33-23-17-15-18-24-33)51(41(59)69-39,29-21-27-35(37(57)65-13)53-43(61)71-49(7,8)9)52(30-22-28-36(38(58)66-14)54-44(62)72-50(10,11)12)42(60)70-40(48(4,5)6)56(52)46(64)68-32-34-25-19-16-20-26-34/h15-20,23-26,35-36,39-40H,21-22,27-32H2,1-14H3,(H,53,61)(H,54,62)/t35-,36-,39-,40-,51-,52-/m0/s1. The Morgan fingerprint density at radius 3 is 1.15 bits per heavy atom. The van der Waals surface area contributed by atoms with Crippen molar-refractivity contribution in [1.82, 2.24) is 20.4 Å². The maximum atomic E-state index is 15.7. The summed E-state index contributed by atoms with van der Waals surface area (Å²) in [5.41, 5.74) is -8.21. The Labute approximate surface area is 422 Å². The average Bonchev–Trinajstić information content (AvgIpc) is 3.77. The van der Waals surface area contributed by atoms with Crippen LogP contribution in [0.5, 0.6) is 0 Å². The number of nitrogens with one attached hydrogen (secondary N) is 2. The van der Waals surface area contributed by atoms with Gasteiger partial charge in [-0.05, 0) is 91.2 Å². The van der Waals surface area contributed by atoms with Gasteiger partial charge in [-0.1, -0.05) is 102 Å². The van der Waals surface area contributed by atoms with Gasteiger partial charge < -0.3 is 48.5 Å². The van der Waals surface area contributed by atoms with Gasteiger partial charge >= 0.3 is 48.3 Å². The Hall–Kier alpha value is -6.60. The normalized spacial score (nSPS) is 21.1. The van der Waals surface area contributed by atoms with Gasteiger partial charge in [-0.25, -0.2) is 38.4 Å². The topological polar surface area (TPSA) is 241 Å². The van der Waals surface area contributed by atoms with Crippen molar-refractivity contribution in [3.63, 3.8) is 0 Å². The Bertz CT molecular complexity index is 2090. The van der Waals surface area contributed by atoms with Gasteiger partial charge in [-0.15, -0.1) is 0 Å². The number of carbonyl (C=O) groups excluding carboxylic acids is 8. The summed E-state index contributed by atoms with van der Waals surface area (Å²) < 4.78 is 45.6. The third kappa shape index (κ3) is 14.1. The first-order valence-corrected chi connectivity index (χ1v) is 24.0. The van der Waals surface area contributed by atoms with Gasteiger partial charge in [0.25, 0.3) is 0 Å². The second-order valence-electron chi connectivity index (χ2n) is 22.0. The summed E-state index contributed by atoms with van der Waals surface area (Å²) in [6, 6.07) is 14.6. The molecule has 2 aliphatic rings. The number of esters is 4. The molecule has 2 heterocycles. The number of alkyl carbamates (subject to hydrolysis) is 2. The molecule has 2 saturated heterocycles. The average molecular weight is 1010 g/mol. The minimum Gasteiger partial charge on any atom is -0.467 e. The summed E-state index contributed by atoms with van der Waals surface area (Å²) in [6.45, 7) is 19.4. The lowest BCUT2D eigenvalue weighted by Gasteiger charge is -2.51. The van der Waals surface area contributed by atoms with E-state index in [2.05, 4.69) is 10.6 Å². The number of amides is 4. The summed E-state index contributed by atoms with van der Waals surface area (Å²) in [4.78, 5) is 117. The quantitative estimate of drug-likeness (QED) is 0.112. The zero-order valence-electron chi connectivity index (χ0n) is 44.2. The Balaban J connectivity index is 2.06. The lowest BCUT2D eigenvalue weighted by atomic mass is 9.68. The maximum Gasteiger partial charge on any atom is 0.414 e. The molecule has 0 radical (unpaired) electrons. The van der Waals surface area contributed by atoms with Crippen LogP contribution in [-0.2, 0) is 70.3 Å². The van der Waals surface area contributed by atoms with E-state index in [0.717, 1.165) is 24.0 Å². The van der Waals surface area contributed by atoms with Crippen molar-refractivity contribution in [1.29, 1.82) is 0 Å². The van der Waals surface area contributed by atoms with Gasteiger partial charge in [0.15, 0.2) is 23.5 Å². The van der Waals surface area contributed by atoms with Crippen molar-refractivity contribution in [2.45, 2.75) is 182 Å². The van der Waals surface area contributed by atoms with Crippen molar-refractivity contribution in [3.05, 3.63) is 71.8 Å². The second kappa shape index (κ2) is 23.3. The molecule has 0 unspecified atom stereocenters. The molecule has 2 N–H and O–H groups in total. The highest BCUT2D eigenvalue weighted by molar-refractivity contribution is 6.02. The summed E-state index contributed by atoms with van der Waals surface area (Å²) in [6.07, 6.45) is -9.27. The van der Waals surface area contributed by atoms with E-state index in [9.17, 15) is 19.2 Å². The summed E-state index contributed by atoms with van der Waals surface area (Å²) >= 11 is 0. The lowest BCUT2D eigenvalue weighted by molar-refractivity contribution is -0.159. The van der Waals surface area contributed by atoms with Crippen LogP contribution >= 0.6 is 0 Å². The SMILES string of the molecule is COC(=O)[C@H](CCC[C@@]1([C@]2(CCC[C@H](NC(=O)OC(C)(C)C)C(=O)OC)C(=O)O[C@@H](C(C)(C)C)N2C(=O)OCc2ccccc2)C(=O)O[C@@H](C(C)(C)C)N1C(=O)OCc1ccccc1)NC(=O)OC(C)(C)C. The van der Waals surface area contributed by atoms with Crippen molar-refractivity contribution in [2.75, 3.05) is 14.2 Å². The van der Waals surface area contributed by atoms with E-state index in [1.807, 2.05) is 0 Å². The van der Waals surface area contributed by atoms with Crippen LogP contribution in [0.3, 0.4) is 0 Å².